The van der Waals surface area contributed by atoms with Gasteiger partial charge in [0.1, 0.15) is 0 Å². The first-order valence-corrected chi connectivity index (χ1v) is 8.35. The summed E-state index contributed by atoms with van der Waals surface area (Å²) >= 11 is 0. The lowest BCUT2D eigenvalue weighted by molar-refractivity contribution is 0.150. The van der Waals surface area contributed by atoms with Crippen LogP contribution in [0.15, 0.2) is 4.99 Å². The SMILES string of the molecule is CC1CCN(C(N)=NCC(C)N2CCC(C)CC2)CC1. The van der Waals surface area contributed by atoms with Crippen LogP contribution in [0.3, 0.4) is 0 Å². The zero-order valence-corrected chi connectivity index (χ0v) is 13.5. The topological polar surface area (TPSA) is 44.9 Å². The van der Waals surface area contributed by atoms with Crippen LogP contribution >= 0.6 is 0 Å². The summed E-state index contributed by atoms with van der Waals surface area (Å²) in [5, 5.41) is 0. The fourth-order valence-electron chi connectivity index (χ4n) is 3.15. The second-order valence-corrected chi connectivity index (χ2v) is 6.94. The molecule has 2 N–H and O–H groups in total. The van der Waals surface area contributed by atoms with E-state index in [1.54, 1.807) is 0 Å². The molecule has 0 amide bonds. The van der Waals surface area contributed by atoms with Gasteiger partial charge in [0.2, 0.25) is 0 Å². The van der Waals surface area contributed by atoms with Gasteiger partial charge in [0.15, 0.2) is 5.96 Å². The van der Waals surface area contributed by atoms with E-state index in [1.165, 1.54) is 38.8 Å². The Morgan fingerprint density at radius 1 is 1.05 bits per heavy atom. The monoisotopic (exact) mass is 280 g/mol. The molecule has 0 spiro atoms. The molecule has 2 aliphatic rings. The molecule has 20 heavy (non-hydrogen) atoms. The zero-order valence-electron chi connectivity index (χ0n) is 13.5. The van der Waals surface area contributed by atoms with Crippen LogP contribution in [0.25, 0.3) is 0 Å². The van der Waals surface area contributed by atoms with Gasteiger partial charge in [-0.05, 0) is 57.5 Å². The van der Waals surface area contributed by atoms with Crippen LogP contribution in [0.1, 0.15) is 46.5 Å². The molecule has 2 fully saturated rings. The van der Waals surface area contributed by atoms with Crippen LogP contribution in [0, 0.1) is 11.8 Å². The molecule has 116 valence electrons. The number of nitrogens with two attached hydrogens (primary N) is 1. The molecule has 0 aromatic carbocycles. The standard InChI is InChI=1S/C16H32N4/c1-13-4-8-19(9-5-13)15(3)12-18-16(17)20-10-6-14(2)7-11-20/h13-15H,4-12H2,1-3H3,(H2,17,18). The van der Waals surface area contributed by atoms with Crippen LogP contribution in [-0.2, 0) is 0 Å². The first-order chi connectivity index (χ1) is 9.56. The summed E-state index contributed by atoms with van der Waals surface area (Å²) in [6, 6.07) is 0.518. The number of hydrogen-bond donors (Lipinski definition) is 1. The van der Waals surface area contributed by atoms with Gasteiger partial charge in [-0.25, -0.2) is 0 Å². The Hall–Kier alpha value is -0.770. The van der Waals surface area contributed by atoms with Crippen LogP contribution in [0.2, 0.25) is 0 Å². The lowest BCUT2D eigenvalue weighted by Gasteiger charge is -2.35. The molecule has 0 radical (unpaired) electrons. The van der Waals surface area contributed by atoms with Gasteiger partial charge in [-0.1, -0.05) is 13.8 Å². The maximum atomic E-state index is 6.15. The highest BCUT2D eigenvalue weighted by atomic mass is 15.3. The summed E-state index contributed by atoms with van der Waals surface area (Å²) < 4.78 is 0. The minimum Gasteiger partial charge on any atom is -0.370 e. The first-order valence-electron chi connectivity index (χ1n) is 8.35. The minimum atomic E-state index is 0.518. The van der Waals surface area contributed by atoms with Crippen LogP contribution < -0.4 is 5.73 Å². The Labute approximate surface area is 124 Å². The number of hydrogen-bond acceptors (Lipinski definition) is 2. The van der Waals surface area contributed by atoms with Gasteiger partial charge in [-0.2, -0.15) is 0 Å². The quantitative estimate of drug-likeness (QED) is 0.636. The minimum absolute atomic E-state index is 0.518. The van der Waals surface area contributed by atoms with Crippen molar-refractivity contribution in [2.45, 2.75) is 52.5 Å². The summed E-state index contributed by atoms with van der Waals surface area (Å²) in [4.78, 5) is 9.47. The van der Waals surface area contributed by atoms with Crippen molar-refractivity contribution in [3.05, 3.63) is 0 Å². The van der Waals surface area contributed by atoms with E-state index in [2.05, 4.69) is 35.6 Å². The Balaban J connectivity index is 1.76. The van der Waals surface area contributed by atoms with Crippen LogP contribution in [0.5, 0.6) is 0 Å². The Kier molecular flexibility index (Phi) is 5.70. The van der Waals surface area contributed by atoms with Crippen molar-refractivity contribution in [1.29, 1.82) is 0 Å². The fourth-order valence-corrected chi connectivity index (χ4v) is 3.15. The normalized spacial score (nSPS) is 25.9. The molecule has 0 aromatic rings. The Morgan fingerprint density at radius 3 is 2.10 bits per heavy atom. The van der Waals surface area contributed by atoms with E-state index < -0.39 is 0 Å². The van der Waals surface area contributed by atoms with E-state index >= 15 is 0 Å². The molecular weight excluding hydrogens is 248 g/mol. The van der Waals surface area contributed by atoms with Crippen molar-refractivity contribution >= 4 is 5.96 Å². The van der Waals surface area contributed by atoms with E-state index in [-0.39, 0.29) is 0 Å². The molecule has 2 heterocycles. The van der Waals surface area contributed by atoms with E-state index in [0.717, 1.165) is 37.4 Å². The lowest BCUT2D eigenvalue weighted by Crippen LogP contribution is -2.44. The average molecular weight is 280 g/mol. The Morgan fingerprint density at radius 2 is 1.55 bits per heavy atom. The number of likely N-dealkylation sites (tertiary alicyclic amines) is 2. The molecule has 1 unspecified atom stereocenters. The molecule has 2 saturated heterocycles. The van der Waals surface area contributed by atoms with Gasteiger partial charge in [0.05, 0.1) is 6.54 Å². The summed E-state index contributed by atoms with van der Waals surface area (Å²) in [6.07, 6.45) is 5.15. The predicted molar refractivity (Wildman–Crippen MR) is 85.9 cm³/mol. The number of piperidine rings is 2. The molecule has 0 aromatic heterocycles. The van der Waals surface area contributed by atoms with E-state index in [9.17, 15) is 0 Å². The van der Waals surface area contributed by atoms with Crippen molar-refractivity contribution in [3.8, 4) is 0 Å². The third-order valence-corrected chi connectivity index (χ3v) is 5.07. The van der Waals surface area contributed by atoms with Crippen molar-refractivity contribution in [2.75, 3.05) is 32.7 Å². The number of guanidine groups is 1. The molecule has 2 aliphatic heterocycles. The van der Waals surface area contributed by atoms with Gasteiger partial charge < -0.3 is 10.6 Å². The molecule has 0 saturated carbocycles. The predicted octanol–water partition coefficient (Wildman–Crippen LogP) is 2.15. The largest absolute Gasteiger partial charge is 0.370 e. The second-order valence-electron chi connectivity index (χ2n) is 6.94. The van der Waals surface area contributed by atoms with Crippen molar-refractivity contribution < 1.29 is 0 Å². The highest BCUT2D eigenvalue weighted by Gasteiger charge is 2.21. The van der Waals surface area contributed by atoms with Crippen molar-refractivity contribution in [3.63, 3.8) is 0 Å². The van der Waals surface area contributed by atoms with Gasteiger partial charge in [-0.15, -0.1) is 0 Å². The first kappa shape index (κ1) is 15.6. The summed E-state index contributed by atoms with van der Waals surface area (Å²) in [5.74, 6) is 2.49. The van der Waals surface area contributed by atoms with Gasteiger partial charge in [0.25, 0.3) is 0 Å². The summed E-state index contributed by atoms with van der Waals surface area (Å²) in [5.41, 5.74) is 6.15. The highest BCUT2D eigenvalue weighted by molar-refractivity contribution is 5.78. The second kappa shape index (κ2) is 7.30. The summed E-state index contributed by atoms with van der Waals surface area (Å²) in [6.45, 7) is 12.4. The van der Waals surface area contributed by atoms with Crippen LogP contribution in [-0.4, -0.2) is 54.5 Å². The number of nitrogens with zero attached hydrogens (tertiary/aromatic N) is 3. The van der Waals surface area contributed by atoms with Gasteiger partial charge >= 0.3 is 0 Å². The molecule has 0 bridgehead atoms. The van der Waals surface area contributed by atoms with Gasteiger partial charge in [0, 0.05) is 19.1 Å². The van der Waals surface area contributed by atoms with Crippen molar-refractivity contribution in [1.82, 2.24) is 9.80 Å². The highest BCUT2D eigenvalue weighted by Crippen LogP contribution is 2.18. The molecular formula is C16H32N4. The molecule has 1 atom stereocenters. The maximum Gasteiger partial charge on any atom is 0.191 e. The van der Waals surface area contributed by atoms with Crippen LogP contribution in [0.4, 0.5) is 0 Å². The third kappa shape index (κ3) is 4.37. The van der Waals surface area contributed by atoms with Gasteiger partial charge in [-0.3, -0.25) is 9.89 Å². The number of rotatable bonds is 3. The van der Waals surface area contributed by atoms with Crippen molar-refractivity contribution in [2.24, 2.45) is 22.6 Å². The van der Waals surface area contributed by atoms with E-state index in [1.807, 2.05) is 0 Å². The maximum absolute atomic E-state index is 6.15. The molecule has 4 heteroatoms. The average Bonchev–Trinajstić information content (AvgIpc) is 2.46. The number of aliphatic imine (C=N–C) groups is 1. The third-order valence-electron chi connectivity index (χ3n) is 5.07. The molecule has 0 aliphatic carbocycles. The zero-order chi connectivity index (χ0) is 14.5. The smallest absolute Gasteiger partial charge is 0.191 e. The Bertz CT molecular complexity index is 312. The summed E-state index contributed by atoms with van der Waals surface area (Å²) in [7, 11) is 0. The lowest BCUT2D eigenvalue weighted by atomic mass is 9.98. The molecule has 4 nitrogen and oxygen atoms in total. The molecule has 2 rings (SSSR count). The fraction of sp³-hybridized carbons (Fsp3) is 0.938. The van der Waals surface area contributed by atoms with E-state index in [4.69, 9.17) is 5.73 Å². The van der Waals surface area contributed by atoms with E-state index in [0.29, 0.717) is 6.04 Å².